The Morgan fingerprint density at radius 3 is 2.65 bits per heavy atom. The maximum Gasteiger partial charge on any atom is 0.146 e. The number of benzene rings is 1. The van der Waals surface area contributed by atoms with Gasteiger partial charge in [-0.25, -0.2) is 9.97 Å². The molecule has 88 valence electrons. The lowest BCUT2D eigenvalue weighted by atomic mass is 10.2. The molecule has 2 rings (SSSR count). The van der Waals surface area contributed by atoms with E-state index in [2.05, 4.69) is 52.8 Å². The summed E-state index contributed by atoms with van der Waals surface area (Å²) in [4.78, 5) is 10.3. The predicted molar refractivity (Wildman–Crippen MR) is 76.0 cm³/mol. The average molecular weight is 357 g/mol. The molecule has 0 unspecified atom stereocenters. The SMILES string of the molecule is CN(Cc1ccccc1Br)c1ncncc1Br. The van der Waals surface area contributed by atoms with Gasteiger partial charge in [-0.1, -0.05) is 34.1 Å². The second kappa shape index (κ2) is 5.60. The second-order valence-electron chi connectivity index (χ2n) is 3.64. The fraction of sp³-hybridized carbons (Fsp3) is 0.167. The van der Waals surface area contributed by atoms with Gasteiger partial charge in [0.15, 0.2) is 0 Å². The molecule has 0 aliphatic carbocycles. The molecule has 1 aromatic carbocycles. The number of hydrogen-bond donors (Lipinski definition) is 0. The first-order chi connectivity index (χ1) is 8.18. The minimum atomic E-state index is 0.789. The Balaban J connectivity index is 2.20. The van der Waals surface area contributed by atoms with Gasteiger partial charge in [-0.3, -0.25) is 0 Å². The molecule has 3 nitrogen and oxygen atoms in total. The predicted octanol–water partition coefficient (Wildman–Crippen LogP) is 3.64. The van der Waals surface area contributed by atoms with Crippen LogP contribution in [0, 0.1) is 0 Å². The van der Waals surface area contributed by atoms with E-state index in [1.807, 2.05) is 25.2 Å². The van der Waals surface area contributed by atoms with Crippen LogP contribution in [-0.2, 0) is 6.54 Å². The minimum absolute atomic E-state index is 0.789. The summed E-state index contributed by atoms with van der Waals surface area (Å²) in [5.41, 5.74) is 1.22. The highest BCUT2D eigenvalue weighted by Crippen LogP contribution is 2.24. The highest BCUT2D eigenvalue weighted by atomic mass is 79.9. The molecule has 2 aromatic rings. The molecule has 0 radical (unpaired) electrons. The van der Waals surface area contributed by atoms with Gasteiger partial charge in [-0.2, -0.15) is 0 Å². The Morgan fingerprint density at radius 1 is 1.18 bits per heavy atom. The van der Waals surface area contributed by atoms with Gasteiger partial charge >= 0.3 is 0 Å². The van der Waals surface area contributed by atoms with Crippen molar-refractivity contribution < 1.29 is 0 Å². The van der Waals surface area contributed by atoms with Crippen LogP contribution in [0.25, 0.3) is 0 Å². The Kier molecular flexibility index (Phi) is 4.12. The second-order valence-corrected chi connectivity index (χ2v) is 5.35. The van der Waals surface area contributed by atoms with Crippen molar-refractivity contribution >= 4 is 37.7 Å². The average Bonchev–Trinajstić information content (AvgIpc) is 2.32. The molecule has 0 aliphatic rings. The lowest BCUT2D eigenvalue weighted by molar-refractivity contribution is 0.882. The summed E-state index contributed by atoms with van der Waals surface area (Å²) in [6.45, 7) is 0.789. The van der Waals surface area contributed by atoms with E-state index in [4.69, 9.17) is 0 Å². The van der Waals surface area contributed by atoms with E-state index in [1.54, 1.807) is 12.5 Å². The van der Waals surface area contributed by atoms with Gasteiger partial charge in [-0.15, -0.1) is 0 Å². The zero-order valence-electron chi connectivity index (χ0n) is 9.27. The third-order valence-corrected chi connectivity index (χ3v) is 3.71. The highest BCUT2D eigenvalue weighted by Gasteiger charge is 2.09. The summed E-state index contributed by atoms with van der Waals surface area (Å²) in [7, 11) is 2.01. The van der Waals surface area contributed by atoms with Crippen molar-refractivity contribution in [2.75, 3.05) is 11.9 Å². The Hall–Kier alpha value is -0.940. The summed E-state index contributed by atoms with van der Waals surface area (Å²) < 4.78 is 2.01. The molecule has 0 atom stereocenters. The standard InChI is InChI=1S/C12H11Br2N3/c1-17(12-11(14)6-15-8-16-12)7-9-4-2-3-5-10(9)13/h2-6,8H,7H2,1H3. The monoisotopic (exact) mass is 355 g/mol. The van der Waals surface area contributed by atoms with Crippen LogP contribution in [-0.4, -0.2) is 17.0 Å². The first kappa shape index (κ1) is 12.5. The Labute approximate surface area is 117 Å². The third kappa shape index (κ3) is 3.04. The molecule has 0 saturated carbocycles. The van der Waals surface area contributed by atoms with E-state index in [0.717, 1.165) is 21.3 Å². The normalized spacial score (nSPS) is 10.3. The third-order valence-electron chi connectivity index (χ3n) is 2.38. The van der Waals surface area contributed by atoms with E-state index < -0.39 is 0 Å². The lowest BCUT2D eigenvalue weighted by Crippen LogP contribution is -2.18. The van der Waals surface area contributed by atoms with Crippen LogP contribution in [0.15, 0.2) is 45.7 Å². The van der Waals surface area contributed by atoms with Crippen LogP contribution in [0.1, 0.15) is 5.56 Å². The molecule has 0 fully saturated rings. The van der Waals surface area contributed by atoms with Gasteiger partial charge in [0.2, 0.25) is 0 Å². The zero-order valence-corrected chi connectivity index (χ0v) is 12.4. The van der Waals surface area contributed by atoms with Crippen molar-refractivity contribution in [1.82, 2.24) is 9.97 Å². The van der Waals surface area contributed by atoms with Crippen molar-refractivity contribution in [3.63, 3.8) is 0 Å². The van der Waals surface area contributed by atoms with Crippen LogP contribution in [0.2, 0.25) is 0 Å². The van der Waals surface area contributed by atoms with Crippen LogP contribution >= 0.6 is 31.9 Å². The van der Waals surface area contributed by atoms with Crippen LogP contribution in [0.4, 0.5) is 5.82 Å². The Morgan fingerprint density at radius 2 is 1.94 bits per heavy atom. The zero-order chi connectivity index (χ0) is 12.3. The number of aromatic nitrogens is 2. The topological polar surface area (TPSA) is 29.0 Å². The molecule has 1 aromatic heterocycles. The van der Waals surface area contributed by atoms with E-state index >= 15 is 0 Å². The highest BCUT2D eigenvalue weighted by molar-refractivity contribution is 9.10. The summed E-state index contributed by atoms with van der Waals surface area (Å²) >= 11 is 7.00. The number of anilines is 1. The van der Waals surface area contributed by atoms with E-state index in [9.17, 15) is 0 Å². The van der Waals surface area contributed by atoms with Crippen molar-refractivity contribution in [1.29, 1.82) is 0 Å². The first-order valence-electron chi connectivity index (χ1n) is 5.08. The first-order valence-corrected chi connectivity index (χ1v) is 6.67. The van der Waals surface area contributed by atoms with Crippen molar-refractivity contribution in [3.05, 3.63) is 51.3 Å². The molecule has 0 bridgehead atoms. The number of halogens is 2. The molecule has 1 heterocycles. The lowest BCUT2D eigenvalue weighted by Gasteiger charge is -2.19. The van der Waals surface area contributed by atoms with Gasteiger partial charge in [0.1, 0.15) is 12.1 Å². The fourth-order valence-electron chi connectivity index (χ4n) is 1.54. The number of hydrogen-bond acceptors (Lipinski definition) is 3. The number of rotatable bonds is 3. The molecule has 0 saturated heterocycles. The van der Waals surface area contributed by atoms with E-state index in [1.165, 1.54) is 5.56 Å². The minimum Gasteiger partial charge on any atom is -0.354 e. The molecule has 5 heteroatoms. The van der Waals surface area contributed by atoms with Gasteiger partial charge in [-0.05, 0) is 27.6 Å². The maximum atomic E-state index is 4.26. The van der Waals surface area contributed by atoms with Crippen molar-refractivity contribution in [2.45, 2.75) is 6.54 Å². The van der Waals surface area contributed by atoms with Crippen LogP contribution in [0.5, 0.6) is 0 Å². The van der Waals surface area contributed by atoms with Gasteiger partial charge in [0, 0.05) is 24.3 Å². The van der Waals surface area contributed by atoms with Gasteiger partial charge < -0.3 is 4.90 Å². The smallest absolute Gasteiger partial charge is 0.146 e. The molecule has 0 aliphatic heterocycles. The van der Waals surface area contributed by atoms with Crippen molar-refractivity contribution in [2.24, 2.45) is 0 Å². The fourth-order valence-corrected chi connectivity index (χ4v) is 2.48. The molecule has 0 spiro atoms. The van der Waals surface area contributed by atoms with E-state index in [0.29, 0.717) is 0 Å². The molecule has 0 amide bonds. The van der Waals surface area contributed by atoms with Crippen LogP contribution in [0.3, 0.4) is 0 Å². The van der Waals surface area contributed by atoms with Crippen LogP contribution < -0.4 is 4.90 Å². The maximum absolute atomic E-state index is 4.26. The Bertz CT molecular complexity index is 517. The van der Waals surface area contributed by atoms with Gasteiger partial charge in [0.05, 0.1) is 4.47 Å². The largest absolute Gasteiger partial charge is 0.354 e. The molecular weight excluding hydrogens is 346 g/mol. The summed E-state index contributed by atoms with van der Waals surface area (Å²) in [5.74, 6) is 0.885. The molecule has 0 N–H and O–H groups in total. The summed E-state index contributed by atoms with van der Waals surface area (Å²) in [6.07, 6.45) is 3.30. The van der Waals surface area contributed by atoms with Crippen molar-refractivity contribution in [3.8, 4) is 0 Å². The summed E-state index contributed by atoms with van der Waals surface area (Å²) in [5, 5.41) is 0. The molecular formula is C12H11Br2N3. The summed E-state index contributed by atoms with van der Waals surface area (Å²) in [6, 6.07) is 8.17. The molecule has 17 heavy (non-hydrogen) atoms. The number of nitrogens with zero attached hydrogens (tertiary/aromatic N) is 3. The quantitative estimate of drug-likeness (QED) is 0.840. The van der Waals surface area contributed by atoms with Gasteiger partial charge in [0.25, 0.3) is 0 Å². The van der Waals surface area contributed by atoms with E-state index in [-0.39, 0.29) is 0 Å².